The average Bonchev–Trinajstić information content (AvgIpc) is 3.44. The van der Waals surface area contributed by atoms with Gasteiger partial charge in [-0.25, -0.2) is 0 Å². The van der Waals surface area contributed by atoms with Crippen LogP contribution in [0, 0.1) is 17.0 Å². The molecule has 3 aromatic carbocycles. The van der Waals surface area contributed by atoms with Crippen molar-refractivity contribution in [2.75, 3.05) is 13.5 Å². The second-order valence-electron chi connectivity index (χ2n) is 8.61. The fourth-order valence-corrected chi connectivity index (χ4v) is 4.57. The molecular formula is C26H20N2O7. The molecule has 0 amide bonds. The molecule has 0 N–H and O–H groups in total. The third-order valence-electron chi connectivity index (χ3n) is 6.22. The number of hydrogen-bond acceptors (Lipinski definition) is 8. The summed E-state index contributed by atoms with van der Waals surface area (Å²) in [7, 11) is 0. The predicted octanol–water partition coefficient (Wildman–Crippen LogP) is 4.60. The summed E-state index contributed by atoms with van der Waals surface area (Å²) in [4.78, 5) is 25.9. The fraction of sp³-hybridized carbons (Fsp3) is 0.192. The minimum absolute atomic E-state index is 0.0510. The summed E-state index contributed by atoms with van der Waals surface area (Å²) in [5, 5.41) is 11.1. The number of nitro benzene ring substituents is 1. The van der Waals surface area contributed by atoms with Crippen LogP contribution in [0.25, 0.3) is 6.08 Å². The number of carbonyl (C=O) groups excluding carboxylic acids is 1. The van der Waals surface area contributed by atoms with Gasteiger partial charge in [0.2, 0.25) is 12.6 Å². The van der Waals surface area contributed by atoms with Crippen LogP contribution in [0.4, 0.5) is 5.69 Å². The predicted molar refractivity (Wildman–Crippen MR) is 125 cm³/mol. The molecule has 0 bridgehead atoms. The number of benzene rings is 3. The van der Waals surface area contributed by atoms with Gasteiger partial charge in [0.05, 0.1) is 10.5 Å². The van der Waals surface area contributed by atoms with Crippen molar-refractivity contribution in [3.8, 4) is 23.0 Å². The number of nitro groups is 1. The van der Waals surface area contributed by atoms with E-state index in [1.165, 1.54) is 18.2 Å². The monoisotopic (exact) mass is 472 g/mol. The Morgan fingerprint density at radius 2 is 1.91 bits per heavy atom. The Hall–Kier alpha value is -4.37. The first-order chi connectivity index (χ1) is 17.0. The highest BCUT2D eigenvalue weighted by atomic mass is 16.7. The van der Waals surface area contributed by atoms with E-state index in [-0.39, 0.29) is 24.0 Å². The topological polar surface area (TPSA) is 100 Å². The molecule has 0 unspecified atom stereocenters. The number of non-ortho nitro benzene ring substituents is 1. The van der Waals surface area contributed by atoms with Gasteiger partial charge in [-0.15, -0.1) is 0 Å². The van der Waals surface area contributed by atoms with Crippen LogP contribution in [-0.4, -0.2) is 29.1 Å². The number of hydrogen-bond donors (Lipinski definition) is 0. The summed E-state index contributed by atoms with van der Waals surface area (Å²) < 4.78 is 22.8. The van der Waals surface area contributed by atoms with E-state index in [9.17, 15) is 14.9 Å². The van der Waals surface area contributed by atoms with Crippen molar-refractivity contribution in [3.63, 3.8) is 0 Å². The van der Waals surface area contributed by atoms with Gasteiger partial charge in [0, 0.05) is 36.3 Å². The van der Waals surface area contributed by atoms with Crippen LogP contribution in [0.3, 0.4) is 0 Å². The maximum Gasteiger partial charge on any atom is 0.270 e. The number of nitrogens with zero attached hydrogens (tertiary/aromatic N) is 2. The van der Waals surface area contributed by atoms with Crippen molar-refractivity contribution in [1.29, 1.82) is 0 Å². The minimum atomic E-state index is -0.473. The fourth-order valence-electron chi connectivity index (χ4n) is 4.57. The molecule has 0 saturated carbocycles. The molecule has 3 heterocycles. The van der Waals surface area contributed by atoms with E-state index in [4.69, 9.17) is 18.9 Å². The molecule has 3 aliphatic rings. The summed E-state index contributed by atoms with van der Waals surface area (Å²) in [6.07, 6.45) is 1.53. The van der Waals surface area contributed by atoms with Crippen molar-refractivity contribution in [3.05, 3.63) is 92.2 Å². The van der Waals surface area contributed by atoms with Crippen LogP contribution < -0.4 is 18.9 Å². The van der Waals surface area contributed by atoms with Gasteiger partial charge in [-0.3, -0.25) is 19.8 Å². The SMILES string of the molecule is Cc1c2c(cc3c1O/C(=C\c1cccc([N+](=O)[O-])c1)C3=O)CN(Cc1ccc3c(c1)OCO3)CO2. The Kier molecular flexibility index (Phi) is 4.93. The number of rotatable bonds is 4. The van der Waals surface area contributed by atoms with E-state index >= 15 is 0 Å². The third kappa shape index (κ3) is 3.75. The number of Topliss-reactive ketones (excluding diaryl/α,β-unsaturated/α-hetero) is 1. The molecule has 6 rings (SSSR count). The lowest BCUT2D eigenvalue weighted by Gasteiger charge is -2.30. The third-order valence-corrected chi connectivity index (χ3v) is 6.22. The van der Waals surface area contributed by atoms with Crippen molar-refractivity contribution in [1.82, 2.24) is 4.90 Å². The molecule has 9 heteroatoms. The molecule has 0 aliphatic carbocycles. The molecular weight excluding hydrogens is 452 g/mol. The quantitative estimate of drug-likeness (QED) is 0.309. The van der Waals surface area contributed by atoms with E-state index in [1.54, 1.807) is 12.1 Å². The van der Waals surface area contributed by atoms with Crippen molar-refractivity contribution in [2.24, 2.45) is 0 Å². The van der Waals surface area contributed by atoms with Crippen molar-refractivity contribution < 1.29 is 28.7 Å². The zero-order valence-electron chi connectivity index (χ0n) is 18.8. The molecule has 3 aromatic rings. The van der Waals surface area contributed by atoms with Crippen LogP contribution in [-0.2, 0) is 13.1 Å². The highest BCUT2D eigenvalue weighted by molar-refractivity contribution is 6.15. The summed E-state index contributed by atoms with van der Waals surface area (Å²) in [6, 6.07) is 13.8. The number of allylic oxidation sites excluding steroid dienone is 1. The summed E-state index contributed by atoms with van der Waals surface area (Å²) in [5.74, 6) is 2.53. The minimum Gasteiger partial charge on any atom is -0.477 e. The first-order valence-corrected chi connectivity index (χ1v) is 11.0. The van der Waals surface area contributed by atoms with Gasteiger partial charge in [-0.05, 0) is 42.3 Å². The lowest BCUT2D eigenvalue weighted by Crippen LogP contribution is -2.32. The van der Waals surface area contributed by atoms with Crippen LogP contribution >= 0.6 is 0 Å². The average molecular weight is 472 g/mol. The van der Waals surface area contributed by atoms with Crippen LogP contribution in [0.1, 0.15) is 32.6 Å². The number of ketones is 1. The van der Waals surface area contributed by atoms with Crippen LogP contribution in [0.15, 0.2) is 54.3 Å². The maximum absolute atomic E-state index is 13.1. The van der Waals surface area contributed by atoms with Crippen LogP contribution in [0.2, 0.25) is 0 Å². The lowest BCUT2D eigenvalue weighted by molar-refractivity contribution is -0.384. The largest absolute Gasteiger partial charge is 0.477 e. The molecule has 176 valence electrons. The molecule has 0 radical (unpaired) electrons. The van der Waals surface area contributed by atoms with E-state index in [1.807, 2.05) is 31.2 Å². The second-order valence-corrected chi connectivity index (χ2v) is 8.61. The summed E-state index contributed by atoms with van der Waals surface area (Å²) >= 11 is 0. The first kappa shape index (κ1) is 21.2. The highest BCUT2D eigenvalue weighted by Gasteiger charge is 2.33. The number of fused-ring (bicyclic) bond motifs is 3. The van der Waals surface area contributed by atoms with Gasteiger partial charge in [0.15, 0.2) is 17.3 Å². The molecule has 3 aliphatic heterocycles. The smallest absolute Gasteiger partial charge is 0.270 e. The number of ether oxygens (including phenoxy) is 4. The van der Waals surface area contributed by atoms with Gasteiger partial charge in [-0.2, -0.15) is 0 Å². The first-order valence-electron chi connectivity index (χ1n) is 11.0. The Bertz CT molecular complexity index is 1430. The summed E-state index contributed by atoms with van der Waals surface area (Å²) in [5.41, 5.74) is 3.67. The molecule has 0 atom stereocenters. The maximum atomic E-state index is 13.1. The Labute approximate surface area is 200 Å². The zero-order valence-corrected chi connectivity index (χ0v) is 18.8. The summed E-state index contributed by atoms with van der Waals surface area (Å²) in [6.45, 7) is 3.75. The molecule has 0 aromatic heterocycles. The van der Waals surface area contributed by atoms with Gasteiger partial charge >= 0.3 is 0 Å². The van der Waals surface area contributed by atoms with Gasteiger partial charge in [-0.1, -0.05) is 18.2 Å². The molecule has 0 spiro atoms. The van der Waals surface area contributed by atoms with Gasteiger partial charge < -0.3 is 18.9 Å². The van der Waals surface area contributed by atoms with Crippen molar-refractivity contribution >= 4 is 17.5 Å². The standard InChI is InChI=1S/C26H20N2O7/c1-15-25-18(12-27(13-32-25)11-17-5-6-21-22(9-17)34-14-33-21)10-20-24(29)23(35-26(15)20)8-16-3-2-4-19(7-16)28(30)31/h2-10H,11-14H2,1H3/b23-8-. The van der Waals surface area contributed by atoms with Gasteiger partial charge in [0.1, 0.15) is 18.2 Å². The van der Waals surface area contributed by atoms with E-state index in [2.05, 4.69) is 4.90 Å². The van der Waals surface area contributed by atoms with Gasteiger partial charge in [0.25, 0.3) is 5.69 Å². The van der Waals surface area contributed by atoms with E-state index in [0.29, 0.717) is 36.7 Å². The Balaban J connectivity index is 1.25. The second kappa shape index (κ2) is 8.14. The van der Waals surface area contributed by atoms with Crippen molar-refractivity contribution in [2.45, 2.75) is 20.0 Å². The number of carbonyl (C=O) groups is 1. The molecule has 35 heavy (non-hydrogen) atoms. The van der Waals surface area contributed by atoms with E-state index < -0.39 is 4.92 Å². The zero-order chi connectivity index (χ0) is 24.1. The van der Waals surface area contributed by atoms with E-state index in [0.717, 1.165) is 33.9 Å². The molecule has 9 nitrogen and oxygen atoms in total. The highest BCUT2D eigenvalue weighted by Crippen LogP contribution is 2.43. The Morgan fingerprint density at radius 1 is 1.06 bits per heavy atom. The molecule has 0 fully saturated rings. The van der Waals surface area contributed by atoms with Crippen LogP contribution in [0.5, 0.6) is 23.0 Å². The lowest BCUT2D eigenvalue weighted by atomic mass is 9.99. The normalized spacial score (nSPS) is 17.1. The molecule has 0 saturated heterocycles. The Morgan fingerprint density at radius 3 is 2.77 bits per heavy atom.